The van der Waals surface area contributed by atoms with Crippen LogP contribution in [0, 0.1) is 5.41 Å². The summed E-state index contributed by atoms with van der Waals surface area (Å²) in [5.74, 6) is -1.24. The number of ether oxygens (including phenoxy) is 1. The molecule has 0 aliphatic carbocycles. The maximum absolute atomic E-state index is 12.5. The Morgan fingerprint density at radius 1 is 1.38 bits per heavy atom. The summed E-state index contributed by atoms with van der Waals surface area (Å²) in [6.45, 7) is 1.24. The Balaban J connectivity index is 2.22. The maximum Gasteiger partial charge on any atom is 0.335 e. The molecule has 0 saturated carbocycles. The SMILES string of the molecule is NCC1(C(=O)Nc2cc(C(=O)O)ccc2Br)CCOCC1. The first-order valence-electron chi connectivity index (χ1n) is 6.61. The second-order valence-electron chi connectivity index (χ2n) is 5.05. The molecular formula is C14H17BrN2O4. The van der Waals surface area contributed by atoms with Crippen LogP contribution in [0.1, 0.15) is 23.2 Å². The summed E-state index contributed by atoms with van der Waals surface area (Å²) in [4.78, 5) is 23.5. The molecule has 7 heteroatoms. The standard InChI is InChI=1S/C14H17BrN2O4/c15-10-2-1-9(12(18)19)7-11(10)17-13(20)14(8-16)3-5-21-6-4-14/h1-2,7H,3-6,8,16H2,(H,17,20)(H,18,19). The van der Waals surface area contributed by atoms with E-state index in [2.05, 4.69) is 21.2 Å². The Labute approximate surface area is 130 Å². The van der Waals surface area contributed by atoms with E-state index in [4.69, 9.17) is 15.6 Å². The maximum atomic E-state index is 12.5. The molecule has 0 bridgehead atoms. The van der Waals surface area contributed by atoms with Crippen LogP contribution in [0.5, 0.6) is 0 Å². The number of rotatable bonds is 4. The molecular weight excluding hydrogens is 340 g/mol. The second kappa shape index (κ2) is 6.55. The number of carbonyl (C=O) groups is 2. The Kier molecular flexibility index (Phi) is 4.97. The molecule has 1 amide bonds. The highest BCUT2D eigenvalue weighted by Gasteiger charge is 2.39. The van der Waals surface area contributed by atoms with E-state index in [0.717, 1.165) is 0 Å². The zero-order valence-electron chi connectivity index (χ0n) is 11.4. The lowest BCUT2D eigenvalue weighted by molar-refractivity contribution is -0.130. The van der Waals surface area contributed by atoms with E-state index in [1.54, 1.807) is 6.07 Å². The fourth-order valence-electron chi connectivity index (χ4n) is 2.30. The van der Waals surface area contributed by atoms with Crippen LogP contribution in [0.15, 0.2) is 22.7 Å². The molecule has 0 unspecified atom stereocenters. The highest BCUT2D eigenvalue weighted by molar-refractivity contribution is 9.10. The first kappa shape index (κ1) is 15.9. The van der Waals surface area contributed by atoms with Crippen LogP contribution in [-0.4, -0.2) is 36.7 Å². The van der Waals surface area contributed by atoms with Crippen LogP contribution >= 0.6 is 15.9 Å². The van der Waals surface area contributed by atoms with E-state index < -0.39 is 11.4 Å². The van der Waals surface area contributed by atoms with Gasteiger partial charge < -0.3 is 20.9 Å². The fraction of sp³-hybridized carbons (Fsp3) is 0.429. The number of hydrogen-bond acceptors (Lipinski definition) is 4. The van der Waals surface area contributed by atoms with Gasteiger partial charge in [-0.3, -0.25) is 4.79 Å². The van der Waals surface area contributed by atoms with Crippen LogP contribution in [0.3, 0.4) is 0 Å². The predicted octanol–water partition coefficient (Wildman–Crippen LogP) is 1.84. The third-order valence-electron chi connectivity index (χ3n) is 3.78. The van der Waals surface area contributed by atoms with Gasteiger partial charge in [0, 0.05) is 24.2 Å². The summed E-state index contributed by atoms with van der Waals surface area (Å²) in [5.41, 5.74) is 5.67. The Morgan fingerprint density at radius 2 is 2.05 bits per heavy atom. The van der Waals surface area contributed by atoms with Gasteiger partial charge in [-0.2, -0.15) is 0 Å². The summed E-state index contributed by atoms with van der Waals surface area (Å²) in [5, 5.41) is 11.8. The third-order valence-corrected chi connectivity index (χ3v) is 4.48. The number of hydrogen-bond donors (Lipinski definition) is 3. The van der Waals surface area contributed by atoms with Crippen molar-refractivity contribution < 1.29 is 19.4 Å². The predicted molar refractivity (Wildman–Crippen MR) is 81.3 cm³/mol. The molecule has 0 atom stereocenters. The summed E-state index contributed by atoms with van der Waals surface area (Å²) in [6.07, 6.45) is 1.12. The number of anilines is 1. The molecule has 4 N–H and O–H groups in total. The summed E-state index contributed by atoms with van der Waals surface area (Å²) < 4.78 is 5.90. The largest absolute Gasteiger partial charge is 0.478 e. The van der Waals surface area contributed by atoms with Gasteiger partial charge in [-0.05, 0) is 47.0 Å². The van der Waals surface area contributed by atoms with Crippen molar-refractivity contribution in [1.82, 2.24) is 0 Å². The van der Waals surface area contributed by atoms with Crippen molar-refractivity contribution in [2.75, 3.05) is 25.1 Å². The van der Waals surface area contributed by atoms with Crippen LogP contribution in [0.25, 0.3) is 0 Å². The van der Waals surface area contributed by atoms with Crippen molar-refractivity contribution in [3.8, 4) is 0 Å². The van der Waals surface area contributed by atoms with Crippen LogP contribution in [0.4, 0.5) is 5.69 Å². The molecule has 0 spiro atoms. The van der Waals surface area contributed by atoms with E-state index in [1.165, 1.54) is 12.1 Å². The van der Waals surface area contributed by atoms with Gasteiger partial charge in [0.2, 0.25) is 5.91 Å². The van der Waals surface area contributed by atoms with Crippen molar-refractivity contribution in [2.45, 2.75) is 12.8 Å². The van der Waals surface area contributed by atoms with Gasteiger partial charge in [-0.25, -0.2) is 4.79 Å². The molecule has 114 valence electrons. The first-order chi connectivity index (χ1) is 9.98. The highest BCUT2D eigenvalue weighted by atomic mass is 79.9. The van der Waals surface area contributed by atoms with Crippen molar-refractivity contribution in [1.29, 1.82) is 0 Å². The number of nitrogens with two attached hydrogens (primary N) is 1. The van der Waals surface area contributed by atoms with Gasteiger partial charge in [-0.1, -0.05) is 0 Å². The monoisotopic (exact) mass is 356 g/mol. The van der Waals surface area contributed by atoms with E-state index in [1.807, 2.05) is 0 Å². The second-order valence-corrected chi connectivity index (χ2v) is 5.91. The number of aromatic carboxylic acids is 1. The lowest BCUT2D eigenvalue weighted by atomic mass is 9.79. The number of benzene rings is 1. The smallest absolute Gasteiger partial charge is 0.335 e. The number of halogens is 1. The number of nitrogens with one attached hydrogen (secondary N) is 1. The number of carboxylic acid groups (broad SMARTS) is 1. The van der Waals surface area contributed by atoms with E-state index in [-0.39, 0.29) is 18.0 Å². The Morgan fingerprint density at radius 3 is 2.62 bits per heavy atom. The van der Waals surface area contributed by atoms with Crippen molar-refractivity contribution in [3.63, 3.8) is 0 Å². The van der Waals surface area contributed by atoms with Crippen molar-refractivity contribution >= 4 is 33.5 Å². The van der Waals surface area contributed by atoms with E-state index >= 15 is 0 Å². The van der Waals surface area contributed by atoms with Crippen molar-refractivity contribution in [3.05, 3.63) is 28.2 Å². The number of amides is 1. The average molecular weight is 357 g/mol. The topological polar surface area (TPSA) is 102 Å². The van der Waals surface area contributed by atoms with Crippen molar-refractivity contribution in [2.24, 2.45) is 11.1 Å². The summed E-state index contributed by atoms with van der Waals surface area (Å²) in [7, 11) is 0. The highest BCUT2D eigenvalue weighted by Crippen LogP contribution is 2.32. The summed E-state index contributed by atoms with van der Waals surface area (Å²) in [6, 6.07) is 4.49. The van der Waals surface area contributed by atoms with Gasteiger partial charge in [-0.15, -0.1) is 0 Å². The zero-order chi connectivity index (χ0) is 15.5. The zero-order valence-corrected chi connectivity index (χ0v) is 13.0. The molecule has 6 nitrogen and oxygen atoms in total. The molecule has 1 aliphatic rings. The normalized spacial score (nSPS) is 17.2. The molecule has 0 radical (unpaired) electrons. The minimum atomic E-state index is -1.04. The lowest BCUT2D eigenvalue weighted by Gasteiger charge is -2.34. The lowest BCUT2D eigenvalue weighted by Crippen LogP contribution is -2.46. The van der Waals surface area contributed by atoms with E-state index in [0.29, 0.717) is 36.2 Å². The molecule has 1 aromatic carbocycles. The molecule has 1 aliphatic heterocycles. The van der Waals surface area contributed by atoms with Gasteiger partial charge >= 0.3 is 5.97 Å². The van der Waals surface area contributed by atoms with Gasteiger partial charge in [0.1, 0.15) is 0 Å². The van der Waals surface area contributed by atoms with Gasteiger partial charge in [0.05, 0.1) is 16.7 Å². The van der Waals surface area contributed by atoms with Crippen LogP contribution in [0.2, 0.25) is 0 Å². The molecule has 1 heterocycles. The first-order valence-corrected chi connectivity index (χ1v) is 7.40. The fourth-order valence-corrected chi connectivity index (χ4v) is 2.64. The molecule has 1 saturated heterocycles. The summed E-state index contributed by atoms with van der Waals surface area (Å²) >= 11 is 3.31. The van der Waals surface area contributed by atoms with E-state index in [9.17, 15) is 9.59 Å². The quantitative estimate of drug-likeness (QED) is 0.763. The van der Waals surface area contributed by atoms with Crippen LogP contribution < -0.4 is 11.1 Å². The van der Waals surface area contributed by atoms with Crippen LogP contribution in [-0.2, 0) is 9.53 Å². The van der Waals surface area contributed by atoms with Gasteiger partial charge in [0.15, 0.2) is 0 Å². The van der Waals surface area contributed by atoms with Gasteiger partial charge in [0.25, 0.3) is 0 Å². The minimum absolute atomic E-state index is 0.113. The molecule has 21 heavy (non-hydrogen) atoms. The average Bonchev–Trinajstić information content (AvgIpc) is 2.49. The minimum Gasteiger partial charge on any atom is -0.478 e. The Hall–Kier alpha value is -1.44. The third kappa shape index (κ3) is 3.42. The number of carboxylic acids is 1. The molecule has 1 fully saturated rings. The Bertz CT molecular complexity index is 556. The molecule has 1 aromatic rings. The number of carbonyl (C=O) groups excluding carboxylic acids is 1. The molecule has 2 rings (SSSR count). The molecule has 0 aromatic heterocycles.